The Balaban J connectivity index is 2.34. The van der Waals surface area contributed by atoms with Crippen molar-refractivity contribution < 1.29 is 14.7 Å². The standard InChI is InChI=1S/C24H27NO3/c1-23(2,3)16-11-13(12-17(22(16)28)24(4,5)6)18-19(25)21(27)15-10-8-7-9-14(15)20(18)26/h7-12,28H,25H2,1-6H3. The van der Waals surface area contributed by atoms with Crippen molar-refractivity contribution >= 4 is 17.1 Å². The van der Waals surface area contributed by atoms with Crippen LogP contribution in [0, 0.1) is 0 Å². The van der Waals surface area contributed by atoms with Crippen LogP contribution in [0.4, 0.5) is 0 Å². The topological polar surface area (TPSA) is 80.4 Å². The molecule has 1 aliphatic carbocycles. The van der Waals surface area contributed by atoms with Gasteiger partial charge in [0.2, 0.25) is 5.78 Å². The summed E-state index contributed by atoms with van der Waals surface area (Å²) in [6.45, 7) is 12.0. The summed E-state index contributed by atoms with van der Waals surface area (Å²) in [7, 11) is 0. The van der Waals surface area contributed by atoms with E-state index in [0.717, 1.165) is 0 Å². The second-order valence-electron chi connectivity index (χ2n) is 9.41. The number of Topliss-reactive ketones (excluding diaryl/α,β-unsaturated/α-hetero) is 2. The van der Waals surface area contributed by atoms with Gasteiger partial charge in [0, 0.05) is 22.3 Å². The molecule has 0 fully saturated rings. The summed E-state index contributed by atoms with van der Waals surface area (Å²) in [6.07, 6.45) is 0. The highest BCUT2D eigenvalue weighted by molar-refractivity contribution is 6.40. The Morgan fingerprint density at radius 3 is 1.64 bits per heavy atom. The first-order valence-electron chi connectivity index (χ1n) is 9.40. The first-order chi connectivity index (χ1) is 12.8. The molecule has 4 heteroatoms. The molecule has 4 nitrogen and oxygen atoms in total. The largest absolute Gasteiger partial charge is 0.507 e. The molecule has 0 atom stereocenters. The van der Waals surface area contributed by atoms with Gasteiger partial charge in [0.1, 0.15) is 5.75 Å². The number of rotatable bonds is 1. The lowest BCUT2D eigenvalue weighted by molar-refractivity contribution is 0.0990. The van der Waals surface area contributed by atoms with E-state index in [4.69, 9.17) is 5.73 Å². The summed E-state index contributed by atoms with van der Waals surface area (Å²) in [4.78, 5) is 26.0. The summed E-state index contributed by atoms with van der Waals surface area (Å²) in [5.41, 5.74) is 8.31. The SMILES string of the molecule is CC(C)(C)c1cc(C2=C(N)C(=O)c3ccccc3C2=O)cc(C(C)(C)C)c1O. The zero-order valence-corrected chi connectivity index (χ0v) is 17.3. The fourth-order valence-corrected chi connectivity index (χ4v) is 3.60. The maximum Gasteiger partial charge on any atom is 0.210 e. The lowest BCUT2D eigenvalue weighted by Gasteiger charge is -2.29. The van der Waals surface area contributed by atoms with Crippen molar-refractivity contribution in [2.75, 3.05) is 0 Å². The molecule has 2 aromatic rings. The van der Waals surface area contributed by atoms with Crippen molar-refractivity contribution in [1.82, 2.24) is 0 Å². The number of fused-ring (bicyclic) bond motifs is 1. The van der Waals surface area contributed by atoms with E-state index in [1.54, 1.807) is 36.4 Å². The monoisotopic (exact) mass is 377 g/mol. The van der Waals surface area contributed by atoms with Crippen molar-refractivity contribution in [2.45, 2.75) is 52.4 Å². The maximum absolute atomic E-state index is 13.2. The van der Waals surface area contributed by atoms with Crippen LogP contribution in [0.3, 0.4) is 0 Å². The number of allylic oxidation sites excluding steroid dienone is 2. The Morgan fingerprint density at radius 1 is 0.786 bits per heavy atom. The fourth-order valence-electron chi connectivity index (χ4n) is 3.60. The molecule has 0 aliphatic heterocycles. The second-order valence-corrected chi connectivity index (χ2v) is 9.41. The number of nitrogens with two attached hydrogens (primary N) is 1. The molecule has 0 amide bonds. The first-order valence-corrected chi connectivity index (χ1v) is 9.40. The summed E-state index contributed by atoms with van der Waals surface area (Å²) in [6, 6.07) is 10.3. The number of hydrogen-bond acceptors (Lipinski definition) is 4. The fraction of sp³-hybridized carbons (Fsp3) is 0.333. The van der Waals surface area contributed by atoms with Gasteiger partial charge in [-0.15, -0.1) is 0 Å². The molecular formula is C24H27NO3. The number of phenols is 1. The molecule has 3 N–H and O–H groups in total. The molecule has 0 radical (unpaired) electrons. The van der Waals surface area contributed by atoms with E-state index in [1.165, 1.54) is 0 Å². The lowest BCUT2D eigenvalue weighted by atomic mass is 9.76. The normalized spacial score (nSPS) is 15.1. The molecule has 0 saturated carbocycles. The average Bonchev–Trinajstić information content (AvgIpc) is 2.59. The minimum absolute atomic E-state index is 0.0471. The van der Waals surface area contributed by atoms with E-state index in [0.29, 0.717) is 27.8 Å². The molecule has 3 rings (SSSR count). The number of ketones is 2. The van der Waals surface area contributed by atoms with E-state index in [2.05, 4.69) is 0 Å². The Bertz CT molecular complexity index is 996. The zero-order chi connectivity index (χ0) is 21.0. The van der Waals surface area contributed by atoms with E-state index in [9.17, 15) is 14.7 Å². The third kappa shape index (κ3) is 3.13. The van der Waals surface area contributed by atoms with Gasteiger partial charge in [-0.05, 0) is 28.5 Å². The number of carbonyl (C=O) groups is 2. The van der Waals surface area contributed by atoms with E-state index < -0.39 is 0 Å². The number of hydrogen-bond donors (Lipinski definition) is 2. The molecule has 146 valence electrons. The molecule has 0 spiro atoms. The Kier molecular flexibility index (Phi) is 4.49. The molecule has 0 aromatic heterocycles. The third-order valence-electron chi connectivity index (χ3n) is 5.17. The van der Waals surface area contributed by atoms with Crippen LogP contribution in [-0.4, -0.2) is 16.7 Å². The van der Waals surface area contributed by atoms with Gasteiger partial charge in [-0.2, -0.15) is 0 Å². The quantitative estimate of drug-likeness (QED) is 0.752. The first kappa shape index (κ1) is 19.9. The average molecular weight is 377 g/mol. The van der Waals surface area contributed by atoms with Gasteiger partial charge in [-0.1, -0.05) is 65.8 Å². The molecular weight excluding hydrogens is 350 g/mol. The molecule has 0 heterocycles. The van der Waals surface area contributed by atoms with Crippen LogP contribution in [0.15, 0.2) is 42.1 Å². The van der Waals surface area contributed by atoms with Crippen LogP contribution in [0.25, 0.3) is 5.57 Å². The van der Waals surface area contributed by atoms with Gasteiger partial charge in [0.25, 0.3) is 0 Å². The van der Waals surface area contributed by atoms with Crippen molar-refractivity contribution in [2.24, 2.45) is 5.73 Å². The molecule has 2 aromatic carbocycles. The van der Waals surface area contributed by atoms with Crippen molar-refractivity contribution in [3.8, 4) is 5.75 Å². The van der Waals surface area contributed by atoms with Gasteiger partial charge in [-0.25, -0.2) is 0 Å². The minimum atomic E-state index is -0.352. The second kappa shape index (κ2) is 6.33. The Morgan fingerprint density at radius 2 is 1.21 bits per heavy atom. The molecule has 1 aliphatic rings. The van der Waals surface area contributed by atoms with Crippen LogP contribution in [0.5, 0.6) is 5.75 Å². The summed E-state index contributed by atoms with van der Waals surface area (Å²) >= 11 is 0. The Labute approximate surface area is 166 Å². The number of phenolic OH excluding ortho intramolecular Hbond substituents is 1. The van der Waals surface area contributed by atoms with Gasteiger partial charge in [-0.3, -0.25) is 9.59 Å². The third-order valence-corrected chi connectivity index (χ3v) is 5.17. The van der Waals surface area contributed by atoms with Gasteiger partial charge >= 0.3 is 0 Å². The number of carbonyl (C=O) groups excluding carboxylic acids is 2. The van der Waals surface area contributed by atoms with Crippen molar-refractivity contribution in [3.05, 3.63) is 69.9 Å². The lowest BCUT2D eigenvalue weighted by Crippen LogP contribution is -2.26. The highest BCUT2D eigenvalue weighted by atomic mass is 16.3. The predicted octanol–water partition coefficient (Wildman–Crippen LogP) is 4.74. The van der Waals surface area contributed by atoms with Gasteiger partial charge < -0.3 is 10.8 Å². The van der Waals surface area contributed by atoms with Gasteiger partial charge in [0.15, 0.2) is 5.78 Å². The zero-order valence-electron chi connectivity index (χ0n) is 17.3. The predicted molar refractivity (Wildman–Crippen MR) is 112 cm³/mol. The van der Waals surface area contributed by atoms with Crippen LogP contribution in [0.2, 0.25) is 0 Å². The maximum atomic E-state index is 13.2. The van der Waals surface area contributed by atoms with E-state index >= 15 is 0 Å². The number of benzene rings is 2. The highest BCUT2D eigenvalue weighted by Gasteiger charge is 2.34. The summed E-state index contributed by atoms with van der Waals surface area (Å²) in [5, 5.41) is 10.9. The Hall–Kier alpha value is -2.88. The van der Waals surface area contributed by atoms with Crippen molar-refractivity contribution in [1.29, 1.82) is 0 Å². The van der Waals surface area contributed by atoms with Crippen molar-refractivity contribution in [3.63, 3.8) is 0 Å². The summed E-state index contributed by atoms with van der Waals surface area (Å²) < 4.78 is 0. The van der Waals surface area contributed by atoms with E-state index in [-0.39, 0.29) is 39.4 Å². The van der Waals surface area contributed by atoms with Crippen LogP contribution >= 0.6 is 0 Å². The van der Waals surface area contributed by atoms with Crippen LogP contribution in [0.1, 0.15) is 78.9 Å². The van der Waals surface area contributed by atoms with Crippen LogP contribution in [-0.2, 0) is 10.8 Å². The number of aromatic hydroxyl groups is 1. The highest BCUT2D eigenvalue weighted by Crippen LogP contribution is 2.42. The molecule has 0 bridgehead atoms. The molecule has 28 heavy (non-hydrogen) atoms. The van der Waals surface area contributed by atoms with Crippen LogP contribution < -0.4 is 5.73 Å². The minimum Gasteiger partial charge on any atom is -0.507 e. The molecule has 0 unspecified atom stereocenters. The smallest absolute Gasteiger partial charge is 0.210 e. The molecule has 0 saturated heterocycles. The van der Waals surface area contributed by atoms with Gasteiger partial charge in [0.05, 0.1) is 11.3 Å². The summed E-state index contributed by atoms with van der Waals surface area (Å²) in [5.74, 6) is -0.385. The van der Waals surface area contributed by atoms with E-state index in [1.807, 2.05) is 41.5 Å².